The van der Waals surface area contributed by atoms with E-state index in [0.717, 1.165) is 58.2 Å². The molecule has 3 aromatic rings. The second kappa shape index (κ2) is 11.2. The molecule has 6 heteroatoms. The van der Waals surface area contributed by atoms with Crippen molar-refractivity contribution in [3.8, 4) is 22.6 Å². The lowest BCUT2D eigenvalue weighted by Gasteiger charge is -2.29. The Morgan fingerprint density at radius 3 is 2.39 bits per heavy atom. The van der Waals surface area contributed by atoms with E-state index in [1.807, 2.05) is 56.0 Å². The van der Waals surface area contributed by atoms with E-state index < -0.39 is 5.60 Å². The van der Waals surface area contributed by atoms with E-state index in [2.05, 4.69) is 24.3 Å². The van der Waals surface area contributed by atoms with Crippen LogP contribution in [0, 0.1) is 0 Å². The zero-order chi connectivity index (χ0) is 25.7. The molecule has 0 saturated heterocycles. The van der Waals surface area contributed by atoms with E-state index in [-0.39, 0.29) is 12.1 Å². The fourth-order valence-electron chi connectivity index (χ4n) is 4.38. The number of fused-ring (bicyclic) bond motifs is 1. The Morgan fingerprint density at radius 1 is 0.972 bits per heavy atom. The van der Waals surface area contributed by atoms with Crippen LogP contribution in [-0.2, 0) is 16.0 Å². The maximum atomic E-state index is 13.2. The quantitative estimate of drug-likeness (QED) is 0.291. The van der Waals surface area contributed by atoms with Crippen LogP contribution in [0.25, 0.3) is 21.9 Å². The highest BCUT2D eigenvalue weighted by molar-refractivity contribution is 6.02. The Bertz CT molecular complexity index is 1200. The number of carbonyl (C=O) groups is 1. The molecule has 0 radical (unpaired) electrons. The van der Waals surface area contributed by atoms with E-state index in [1.54, 1.807) is 14.2 Å². The Kier molecular flexibility index (Phi) is 8.04. The summed E-state index contributed by atoms with van der Waals surface area (Å²) in [6.07, 6.45) is 2.49. The normalized spacial score (nSPS) is 13.5. The first kappa shape index (κ1) is 25.8. The first-order chi connectivity index (χ1) is 17.3. The Morgan fingerprint density at radius 2 is 1.72 bits per heavy atom. The van der Waals surface area contributed by atoms with Crippen molar-refractivity contribution < 1.29 is 23.7 Å². The molecule has 36 heavy (non-hydrogen) atoms. The van der Waals surface area contributed by atoms with E-state index in [9.17, 15) is 4.79 Å². The molecular weight excluding hydrogens is 454 g/mol. The lowest BCUT2D eigenvalue weighted by atomic mass is 9.92. The lowest BCUT2D eigenvalue weighted by molar-refractivity contribution is 0.0217. The van der Waals surface area contributed by atoms with Crippen LogP contribution in [0.4, 0.5) is 4.79 Å². The summed E-state index contributed by atoms with van der Waals surface area (Å²) >= 11 is 0. The van der Waals surface area contributed by atoms with E-state index >= 15 is 0 Å². The summed E-state index contributed by atoms with van der Waals surface area (Å²) in [6.45, 7) is 7.33. The van der Waals surface area contributed by atoms with Gasteiger partial charge in [-0.15, -0.1) is 0 Å². The lowest BCUT2D eigenvalue weighted by Crippen LogP contribution is -2.38. The average Bonchev–Trinajstić information content (AvgIpc) is 3.69. The number of amides is 1. The molecule has 0 N–H and O–H groups in total. The van der Waals surface area contributed by atoms with Crippen molar-refractivity contribution >= 4 is 16.9 Å². The number of carbonyl (C=O) groups excluding carboxylic acids is 1. The molecule has 1 fully saturated rings. The van der Waals surface area contributed by atoms with Crippen LogP contribution in [0.1, 0.15) is 45.6 Å². The fraction of sp³-hybridized carbons (Fsp3) is 0.433. The van der Waals surface area contributed by atoms with Crippen molar-refractivity contribution in [2.75, 3.05) is 27.4 Å². The Hall–Kier alpha value is -3.25. The highest BCUT2D eigenvalue weighted by Gasteiger charge is 2.36. The summed E-state index contributed by atoms with van der Waals surface area (Å²) in [5.41, 5.74) is 2.56. The number of methoxy groups -OCH3 is 2. The summed E-state index contributed by atoms with van der Waals surface area (Å²) < 4.78 is 22.8. The number of rotatable bonds is 10. The van der Waals surface area contributed by atoms with Crippen LogP contribution in [0.2, 0.25) is 0 Å². The third-order valence-electron chi connectivity index (χ3n) is 6.15. The molecule has 1 saturated carbocycles. The molecule has 0 bridgehead atoms. The summed E-state index contributed by atoms with van der Waals surface area (Å²) in [4.78, 5) is 15.1. The predicted octanol–water partition coefficient (Wildman–Crippen LogP) is 6.83. The average molecular weight is 492 g/mol. The van der Waals surface area contributed by atoms with Crippen LogP contribution in [0.3, 0.4) is 0 Å². The molecule has 1 aliphatic rings. The van der Waals surface area contributed by atoms with E-state index in [0.29, 0.717) is 19.8 Å². The van der Waals surface area contributed by atoms with Crippen molar-refractivity contribution in [3.05, 3.63) is 60.2 Å². The van der Waals surface area contributed by atoms with Crippen LogP contribution in [-0.4, -0.2) is 50.1 Å². The molecule has 0 heterocycles. The van der Waals surface area contributed by atoms with Gasteiger partial charge in [-0.2, -0.15) is 0 Å². The van der Waals surface area contributed by atoms with E-state index in [1.165, 1.54) is 0 Å². The number of nitrogens with zero attached hydrogens (tertiary/aromatic N) is 1. The molecule has 0 unspecified atom stereocenters. The highest BCUT2D eigenvalue weighted by Crippen LogP contribution is 2.41. The van der Waals surface area contributed by atoms with Crippen molar-refractivity contribution in [2.45, 2.75) is 58.2 Å². The number of benzene rings is 3. The van der Waals surface area contributed by atoms with Gasteiger partial charge in [-0.25, -0.2) is 4.79 Å². The second-order valence-electron chi connectivity index (χ2n) is 10.2. The van der Waals surface area contributed by atoms with Gasteiger partial charge in [0.25, 0.3) is 0 Å². The van der Waals surface area contributed by atoms with Crippen molar-refractivity contribution in [1.82, 2.24) is 4.90 Å². The Labute approximate surface area is 214 Å². The smallest absolute Gasteiger partial charge is 0.410 e. The largest absolute Gasteiger partial charge is 0.497 e. The standard InChI is InChI=1S/C30H37NO5/c1-30(2,3)36-29(32)31(23-14-15-23)20-22-19-27(35-17-9-16-33-4)25-12-6-7-13-26(25)28(22)21-10-8-11-24(18-21)34-5/h6-8,10-13,18-19,23H,9,14-17,20H2,1-5H3. The monoisotopic (exact) mass is 491 g/mol. The minimum absolute atomic E-state index is 0.190. The predicted molar refractivity (Wildman–Crippen MR) is 143 cm³/mol. The van der Waals surface area contributed by atoms with Crippen LogP contribution < -0.4 is 9.47 Å². The number of hydrogen-bond donors (Lipinski definition) is 0. The maximum Gasteiger partial charge on any atom is 0.410 e. The molecule has 0 aromatic heterocycles. The third-order valence-corrected chi connectivity index (χ3v) is 6.15. The molecule has 6 nitrogen and oxygen atoms in total. The maximum absolute atomic E-state index is 13.2. The van der Waals surface area contributed by atoms with E-state index in [4.69, 9.17) is 18.9 Å². The summed E-state index contributed by atoms with van der Waals surface area (Å²) in [6, 6.07) is 18.6. The van der Waals surface area contributed by atoms with Gasteiger partial charge >= 0.3 is 6.09 Å². The second-order valence-corrected chi connectivity index (χ2v) is 10.2. The summed E-state index contributed by atoms with van der Waals surface area (Å²) in [5, 5.41) is 2.11. The van der Waals surface area contributed by atoms with Crippen molar-refractivity contribution in [3.63, 3.8) is 0 Å². The zero-order valence-corrected chi connectivity index (χ0v) is 22.0. The van der Waals surface area contributed by atoms with Gasteiger partial charge in [-0.05, 0) is 73.9 Å². The molecule has 0 atom stereocenters. The molecule has 1 aliphatic carbocycles. The van der Waals surface area contributed by atoms with Gasteiger partial charge in [0.2, 0.25) is 0 Å². The topological polar surface area (TPSA) is 57.2 Å². The molecule has 1 amide bonds. The molecular formula is C30H37NO5. The van der Waals surface area contributed by atoms with Gasteiger partial charge in [0.15, 0.2) is 0 Å². The SMILES string of the molecule is COCCCOc1cc(CN(C(=O)OC(C)(C)C)C2CC2)c(-c2cccc(OC)c2)c2ccccc12. The van der Waals surface area contributed by atoms with Gasteiger partial charge in [0, 0.05) is 31.6 Å². The van der Waals surface area contributed by atoms with Gasteiger partial charge in [-0.3, -0.25) is 0 Å². The van der Waals surface area contributed by atoms with Crippen LogP contribution in [0.15, 0.2) is 54.6 Å². The first-order valence-corrected chi connectivity index (χ1v) is 12.6. The van der Waals surface area contributed by atoms with Crippen LogP contribution in [0.5, 0.6) is 11.5 Å². The molecule has 192 valence electrons. The minimum Gasteiger partial charge on any atom is -0.497 e. The summed E-state index contributed by atoms with van der Waals surface area (Å²) in [5.74, 6) is 1.59. The molecule has 3 aromatic carbocycles. The Balaban J connectivity index is 1.82. The number of hydrogen-bond acceptors (Lipinski definition) is 5. The van der Waals surface area contributed by atoms with Gasteiger partial charge in [-0.1, -0.05) is 36.4 Å². The van der Waals surface area contributed by atoms with Gasteiger partial charge < -0.3 is 23.8 Å². The molecule has 0 aliphatic heterocycles. The van der Waals surface area contributed by atoms with Gasteiger partial charge in [0.05, 0.1) is 20.3 Å². The van der Waals surface area contributed by atoms with Crippen LogP contribution >= 0.6 is 0 Å². The highest BCUT2D eigenvalue weighted by atomic mass is 16.6. The third kappa shape index (κ3) is 6.30. The summed E-state index contributed by atoms with van der Waals surface area (Å²) in [7, 11) is 3.37. The first-order valence-electron chi connectivity index (χ1n) is 12.6. The fourth-order valence-corrected chi connectivity index (χ4v) is 4.38. The van der Waals surface area contributed by atoms with Gasteiger partial charge in [0.1, 0.15) is 17.1 Å². The number of ether oxygens (including phenoxy) is 4. The molecule has 4 rings (SSSR count). The minimum atomic E-state index is -0.557. The zero-order valence-electron chi connectivity index (χ0n) is 22.0. The van der Waals surface area contributed by atoms with Crippen molar-refractivity contribution in [1.29, 1.82) is 0 Å². The molecule has 0 spiro atoms. The van der Waals surface area contributed by atoms with Crippen molar-refractivity contribution in [2.24, 2.45) is 0 Å².